The molecule has 2 aromatic rings. The molecule has 0 radical (unpaired) electrons. The van der Waals surface area contributed by atoms with Crippen LogP contribution in [0.4, 0.5) is 5.69 Å². The molecular formula is C16H19N3O2. The van der Waals surface area contributed by atoms with E-state index in [2.05, 4.69) is 10.3 Å². The van der Waals surface area contributed by atoms with E-state index in [1.807, 2.05) is 30.5 Å². The van der Waals surface area contributed by atoms with Crippen molar-refractivity contribution in [1.29, 1.82) is 0 Å². The number of hydrogen-bond acceptors (Lipinski definition) is 3. The molecule has 0 aliphatic carbocycles. The third kappa shape index (κ3) is 2.92. The third-order valence-electron chi connectivity index (χ3n) is 3.79. The Bertz CT molecular complexity index is 616. The summed E-state index contributed by atoms with van der Waals surface area (Å²) in [7, 11) is 0. The van der Waals surface area contributed by atoms with Gasteiger partial charge in [-0.25, -0.2) is 0 Å². The molecule has 3 rings (SSSR count). The molecule has 1 amide bonds. The van der Waals surface area contributed by atoms with Gasteiger partial charge < -0.3 is 20.8 Å². The molecule has 1 aromatic heterocycles. The lowest BCUT2D eigenvalue weighted by Crippen LogP contribution is -2.29. The van der Waals surface area contributed by atoms with Gasteiger partial charge in [-0.2, -0.15) is 0 Å². The average molecular weight is 285 g/mol. The number of H-pyrrole nitrogens is 1. The van der Waals surface area contributed by atoms with Crippen LogP contribution in [-0.4, -0.2) is 30.1 Å². The zero-order chi connectivity index (χ0) is 14.7. The number of carbonyl (C=O) groups excluding carboxylic acids is 1. The minimum absolute atomic E-state index is 0.299. The maximum atomic E-state index is 11.7. The molecule has 1 aliphatic rings. The molecule has 1 aliphatic heterocycles. The van der Waals surface area contributed by atoms with E-state index in [-0.39, 0.29) is 0 Å². The summed E-state index contributed by atoms with van der Waals surface area (Å²) in [6.07, 6.45) is 3.72. The molecule has 0 unspecified atom stereocenters. The first-order chi connectivity index (χ1) is 10.3. The van der Waals surface area contributed by atoms with Gasteiger partial charge in [-0.05, 0) is 31.0 Å². The van der Waals surface area contributed by atoms with E-state index in [0.717, 1.165) is 43.0 Å². The largest absolute Gasteiger partial charge is 0.381 e. The summed E-state index contributed by atoms with van der Waals surface area (Å²) in [5.41, 5.74) is 8.78. The van der Waals surface area contributed by atoms with E-state index in [0.29, 0.717) is 11.6 Å². The van der Waals surface area contributed by atoms with Crippen LogP contribution in [0.15, 0.2) is 36.5 Å². The Hall–Kier alpha value is -2.27. The second kappa shape index (κ2) is 6.01. The van der Waals surface area contributed by atoms with Gasteiger partial charge in [-0.3, -0.25) is 4.79 Å². The highest BCUT2D eigenvalue weighted by Gasteiger charge is 2.19. The minimum Gasteiger partial charge on any atom is -0.381 e. The van der Waals surface area contributed by atoms with Crippen molar-refractivity contribution < 1.29 is 9.53 Å². The molecule has 5 heteroatoms. The van der Waals surface area contributed by atoms with E-state index < -0.39 is 5.91 Å². The number of anilines is 1. The van der Waals surface area contributed by atoms with Crippen molar-refractivity contribution in [2.75, 3.05) is 18.5 Å². The highest BCUT2D eigenvalue weighted by atomic mass is 16.5. The topological polar surface area (TPSA) is 80.1 Å². The first kappa shape index (κ1) is 13.7. The van der Waals surface area contributed by atoms with Gasteiger partial charge in [0.1, 0.15) is 0 Å². The van der Waals surface area contributed by atoms with Crippen molar-refractivity contribution in [3.63, 3.8) is 0 Å². The average Bonchev–Trinajstić information content (AvgIpc) is 3.02. The number of para-hydroxylation sites is 1. The van der Waals surface area contributed by atoms with Gasteiger partial charge in [-0.1, -0.05) is 12.1 Å². The summed E-state index contributed by atoms with van der Waals surface area (Å²) in [6.45, 7) is 1.49. The quantitative estimate of drug-likeness (QED) is 0.806. The van der Waals surface area contributed by atoms with Gasteiger partial charge in [0.05, 0.1) is 11.3 Å². The normalized spacial score (nSPS) is 15.8. The standard InChI is InChI=1S/C16H19N3O2/c17-16(20)13-4-1-3-12(14-5-2-8-18-14)15(13)19-11-6-9-21-10-7-11/h1-5,8,11,18-19H,6-7,9-10H2,(H2,17,20). The first-order valence-corrected chi connectivity index (χ1v) is 7.16. The number of aromatic nitrogens is 1. The number of benzene rings is 1. The van der Waals surface area contributed by atoms with Crippen LogP contribution in [0.1, 0.15) is 23.2 Å². The maximum Gasteiger partial charge on any atom is 0.250 e. The number of carbonyl (C=O) groups is 1. The number of rotatable bonds is 4. The van der Waals surface area contributed by atoms with Crippen LogP contribution in [0, 0.1) is 0 Å². The molecule has 110 valence electrons. The molecule has 1 aromatic carbocycles. The second-order valence-electron chi connectivity index (χ2n) is 5.21. The van der Waals surface area contributed by atoms with Crippen molar-refractivity contribution in [3.8, 4) is 11.3 Å². The molecule has 0 saturated carbocycles. The lowest BCUT2D eigenvalue weighted by atomic mass is 10.0. The third-order valence-corrected chi connectivity index (χ3v) is 3.79. The Morgan fingerprint density at radius 3 is 2.71 bits per heavy atom. The van der Waals surface area contributed by atoms with Gasteiger partial charge >= 0.3 is 0 Å². The maximum absolute atomic E-state index is 11.7. The zero-order valence-corrected chi connectivity index (χ0v) is 11.8. The molecule has 1 saturated heterocycles. The summed E-state index contributed by atoms with van der Waals surface area (Å²) in [4.78, 5) is 14.9. The summed E-state index contributed by atoms with van der Waals surface area (Å²) in [5.74, 6) is -0.419. The van der Waals surface area contributed by atoms with Crippen LogP contribution in [-0.2, 0) is 4.74 Å². The predicted molar refractivity (Wildman–Crippen MR) is 82.2 cm³/mol. The van der Waals surface area contributed by atoms with Crippen molar-refractivity contribution in [2.24, 2.45) is 5.73 Å². The molecule has 0 bridgehead atoms. The van der Waals surface area contributed by atoms with Crippen LogP contribution < -0.4 is 11.1 Å². The number of nitrogens with one attached hydrogen (secondary N) is 2. The summed E-state index contributed by atoms with van der Waals surface area (Å²) < 4.78 is 5.38. The fourth-order valence-electron chi connectivity index (χ4n) is 2.68. The monoisotopic (exact) mass is 285 g/mol. The van der Waals surface area contributed by atoms with Crippen LogP contribution >= 0.6 is 0 Å². The Morgan fingerprint density at radius 1 is 1.24 bits per heavy atom. The van der Waals surface area contributed by atoms with Crippen molar-refractivity contribution >= 4 is 11.6 Å². The van der Waals surface area contributed by atoms with Crippen molar-refractivity contribution in [3.05, 3.63) is 42.1 Å². The van der Waals surface area contributed by atoms with E-state index >= 15 is 0 Å². The fraction of sp³-hybridized carbons (Fsp3) is 0.312. The number of nitrogens with two attached hydrogens (primary N) is 1. The fourth-order valence-corrected chi connectivity index (χ4v) is 2.68. The molecular weight excluding hydrogens is 266 g/mol. The number of hydrogen-bond donors (Lipinski definition) is 3. The number of aromatic amines is 1. The van der Waals surface area contributed by atoms with Gasteiger partial charge in [-0.15, -0.1) is 0 Å². The predicted octanol–water partition coefficient (Wildman–Crippen LogP) is 2.37. The molecule has 1 fully saturated rings. The highest BCUT2D eigenvalue weighted by molar-refractivity contribution is 6.02. The Balaban J connectivity index is 1.99. The van der Waals surface area contributed by atoms with Crippen molar-refractivity contribution in [1.82, 2.24) is 4.98 Å². The van der Waals surface area contributed by atoms with Crippen LogP contribution in [0.25, 0.3) is 11.3 Å². The van der Waals surface area contributed by atoms with Crippen LogP contribution in [0.5, 0.6) is 0 Å². The van der Waals surface area contributed by atoms with Crippen LogP contribution in [0.3, 0.4) is 0 Å². The summed E-state index contributed by atoms with van der Waals surface area (Å²) in [6, 6.07) is 9.81. The number of primary amides is 1. The molecule has 21 heavy (non-hydrogen) atoms. The molecule has 2 heterocycles. The van der Waals surface area contributed by atoms with Crippen molar-refractivity contribution in [2.45, 2.75) is 18.9 Å². The minimum atomic E-state index is -0.419. The number of ether oxygens (including phenoxy) is 1. The summed E-state index contributed by atoms with van der Waals surface area (Å²) >= 11 is 0. The molecule has 5 nitrogen and oxygen atoms in total. The Labute approximate surface area is 123 Å². The van der Waals surface area contributed by atoms with Gasteiger partial charge in [0.25, 0.3) is 5.91 Å². The van der Waals surface area contributed by atoms with E-state index in [4.69, 9.17) is 10.5 Å². The number of amides is 1. The lowest BCUT2D eigenvalue weighted by Gasteiger charge is -2.26. The van der Waals surface area contributed by atoms with Gasteiger partial charge in [0, 0.05) is 36.7 Å². The van der Waals surface area contributed by atoms with E-state index in [9.17, 15) is 4.79 Å². The Morgan fingerprint density at radius 2 is 2.05 bits per heavy atom. The molecule has 4 N–H and O–H groups in total. The highest BCUT2D eigenvalue weighted by Crippen LogP contribution is 2.31. The molecule has 0 spiro atoms. The smallest absolute Gasteiger partial charge is 0.250 e. The zero-order valence-electron chi connectivity index (χ0n) is 11.8. The van der Waals surface area contributed by atoms with Crippen LogP contribution in [0.2, 0.25) is 0 Å². The van der Waals surface area contributed by atoms with E-state index in [1.54, 1.807) is 6.07 Å². The second-order valence-corrected chi connectivity index (χ2v) is 5.21. The molecule has 0 atom stereocenters. The van der Waals surface area contributed by atoms with E-state index in [1.165, 1.54) is 0 Å². The first-order valence-electron chi connectivity index (χ1n) is 7.16. The lowest BCUT2D eigenvalue weighted by molar-refractivity contribution is 0.0904. The Kier molecular flexibility index (Phi) is 3.92. The SMILES string of the molecule is NC(=O)c1cccc(-c2ccc[nH]2)c1NC1CCOCC1. The summed E-state index contributed by atoms with van der Waals surface area (Å²) in [5, 5.41) is 3.49. The van der Waals surface area contributed by atoms with Gasteiger partial charge in [0.2, 0.25) is 0 Å². The van der Waals surface area contributed by atoms with Gasteiger partial charge in [0.15, 0.2) is 0 Å².